The van der Waals surface area contributed by atoms with E-state index in [9.17, 15) is 8.42 Å². The van der Waals surface area contributed by atoms with Crippen LogP contribution in [0.3, 0.4) is 0 Å². The van der Waals surface area contributed by atoms with E-state index < -0.39 is 9.84 Å². The third kappa shape index (κ3) is 2.97. The predicted molar refractivity (Wildman–Crippen MR) is 77.8 cm³/mol. The lowest BCUT2D eigenvalue weighted by Crippen LogP contribution is -2.52. The zero-order valence-corrected chi connectivity index (χ0v) is 13.3. The Hall–Kier alpha value is -0.990. The Kier molecular flexibility index (Phi) is 3.79. The van der Waals surface area contributed by atoms with E-state index in [-0.39, 0.29) is 23.0 Å². The number of hydrogen-bond donors (Lipinski definition) is 1. The molecule has 3 heterocycles. The normalized spacial score (nSPS) is 27.0. The summed E-state index contributed by atoms with van der Waals surface area (Å²) in [5, 5.41) is 7.44. The molecule has 2 saturated heterocycles. The van der Waals surface area contributed by atoms with E-state index in [1.54, 1.807) is 0 Å². The Labute approximate surface area is 125 Å². The number of nitrogens with zero attached hydrogens (tertiary/aromatic N) is 3. The van der Waals surface area contributed by atoms with Gasteiger partial charge >= 0.3 is 0 Å². The maximum absolute atomic E-state index is 11.6. The quantitative estimate of drug-likeness (QED) is 0.847. The van der Waals surface area contributed by atoms with Crippen LogP contribution >= 0.6 is 0 Å². The highest BCUT2D eigenvalue weighted by Gasteiger charge is 2.37. The summed E-state index contributed by atoms with van der Waals surface area (Å²) in [6.07, 6.45) is 0.581. The van der Waals surface area contributed by atoms with Crippen LogP contribution in [0.15, 0.2) is 4.52 Å². The molecule has 1 aromatic heterocycles. The van der Waals surface area contributed by atoms with Crippen LogP contribution in [-0.2, 0) is 15.4 Å². The number of sulfone groups is 1. The molecule has 0 aliphatic carbocycles. The van der Waals surface area contributed by atoms with Gasteiger partial charge in [-0.05, 0) is 20.3 Å². The van der Waals surface area contributed by atoms with Gasteiger partial charge in [0, 0.05) is 26.2 Å². The van der Waals surface area contributed by atoms with Crippen LogP contribution in [0.4, 0.5) is 0 Å². The molecule has 1 aromatic rings. The first-order valence-electron chi connectivity index (χ1n) is 7.39. The van der Waals surface area contributed by atoms with E-state index in [0.29, 0.717) is 18.1 Å². The van der Waals surface area contributed by atoms with Crippen molar-refractivity contribution in [3.63, 3.8) is 0 Å². The van der Waals surface area contributed by atoms with Gasteiger partial charge < -0.3 is 9.84 Å². The average molecular weight is 314 g/mol. The van der Waals surface area contributed by atoms with E-state index in [2.05, 4.69) is 34.2 Å². The molecule has 118 valence electrons. The molecule has 2 fully saturated rings. The largest absolute Gasteiger partial charge is 0.339 e. The summed E-state index contributed by atoms with van der Waals surface area (Å²) in [5.74, 6) is 1.31. The maximum atomic E-state index is 11.6. The fourth-order valence-corrected chi connectivity index (χ4v) is 4.74. The number of hydrogen-bond acceptors (Lipinski definition) is 7. The summed E-state index contributed by atoms with van der Waals surface area (Å²) >= 11 is 0. The molecule has 1 N–H and O–H groups in total. The van der Waals surface area contributed by atoms with Crippen molar-refractivity contribution in [1.82, 2.24) is 20.4 Å². The Bertz CT molecular complexity index is 605. The van der Waals surface area contributed by atoms with Crippen LogP contribution in [0.25, 0.3) is 0 Å². The van der Waals surface area contributed by atoms with Gasteiger partial charge in [-0.25, -0.2) is 8.42 Å². The molecule has 0 radical (unpaired) electrons. The first-order valence-corrected chi connectivity index (χ1v) is 9.21. The Morgan fingerprint density at radius 3 is 2.67 bits per heavy atom. The van der Waals surface area contributed by atoms with Crippen molar-refractivity contribution in [3.05, 3.63) is 11.7 Å². The molecule has 7 nitrogen and oxygen atoms in total. The molecule has 21 heavy (non-hydrogen) atoms. The Morgan fingerprint density at radius 2 is 2.05 bits per heavy atom. The highest BCUT2D eigenvalue weighted by Crippen LogP contribution is 2.31. The second-order valence-electron chi connectivity index (χ2n) is 6.35. The van der Waals surface area contributed by atoms with Crippen molar-refractivity contribution in [2.24, 2.45) is 0 Å². The average Bonchev–Trinajstić information content (AvgIpc) is 3.06. The number of piperazine rings is 1. The molecule has 2 aliphatic heterocycles. The van der Waals surface area contributed by atoms with Crippen LogP contribution in [-0.4, -0.2) is 61.1 Å². The monoisotopic (exact) mass is 314 g/mol. The van der Waals surface area contributed by atoms with Gasteiger partial charge in [-0.2, -0.15) is 4.98 Å². The SMILES string of the molecule is CC(C)(c1noc(C2CCS(=O)(=O)C2)n1)N1CCNCC1. The standard InChI is InChI=1S/C13H22N4O3S/c1-13(2,17-6-4-14-5-7-17)12-15-11(20-16-12)10-3-8-21(18,19)9-10/h10,14H,3-9H2,1-2H3. The summed E-state index contributed by atoms with van der Waals surface area (Å²) in [6, 6.07) is 0. The van der Waals surface area contributed by atoms with Crippen LogP contribution < -0.4 is 5.32 Å². The van der Waals surface area contributed by atoms with Gasteiger partial charge in [0.2, 0.25) is 5.89 Å². The van der Waals surface area contributed by atoms with Crippen molar-refractivity contribution < 1.29 is 12.9 Å². The highest BCUT2D eigenvalue weighted by atomic mass is 32.2. The predicted octanol–water partition coefficient (Wildman–Crippen LogP) is 0.112. The van der Waals surface area contributed by atoms with Gasteiger partial charge in [0.25, 0.3) is 0 Å². The van der Waals surface area contributed by atoms with Crippen molar-refractivity contribution in [3.8, 4) is 0 Å². The van der Waals surface area contributed by atoms with Crippen LogP contribution in [0, 0.1) is 0 Å². The van der Waals surface area contributed by atoms with Crippen LogP contribution in [0.1, 0.15) is 37.9 Å². The second kappa shape index (κ2) is 5.33. The van der Waals surface area contributed by atoms with E-state index in [4.69, 9.17) is 4.52 Å². The van der Waals surface area contributed by atoms with E-state index >= 15 is 0 Å². The minimum atomic E-state index is -2.94. The number of rotatable bonds is 3. The Balaban J connectivity index is 1.78. The minimum absolute atomic E-state index is 0.128. The van der Waals surface area contributed by atoms with Gasteiger partial charge in [0.05, 0.1) is 23.0 Å². The molecule has 3 rings (SSSR count). The molecule has 2 aliphatic rings. The Morgan fingerprint density at radius 1 is 1.33 bits per heavy atom. The zero-order chi connectivity index (χ0) is 15.1. The first-order chi connectivity index (χ1) is 9.88. The van der Waals surface area contributed by atoms with Gasteiger partial charge in [0.15, 0.2) is 15.7 Å². The summed E-state index contributed by atoms with van der Waals surface area (Å²) in [6.45, 7) is 7.95. The fraction of sp³-hybridized carbons (Fsp3) is 0.846. The number of nitrogens with one attached hydrogen (secondary N) is 1. The molecular weight excluding hydrogens is 292 g/mol. The first kappa shape index (κ1) is 14.9. The van der Waals surface area contributed by atoms with Crippen molar-refractivity contribution in [2.45, 2.75) is 31.7 Å². The molecule has 1 atom stereocenters. The lowest BCUT2D eigenvalue weighted by atomic mass is 10.0. The molecular formula is C13H22N4O3S. The van der Waals surface area contributed by atoms with Gasteiger partial charge in [-0.3, -0.25) is 4.90 Å². The molecule has 0 saturated carbocycles. The lowest BCUT2D eigenvalue weighted by molar-refractivity contribution is 0.0924. The molecule has 0 aromatic carbocycles. The molecule has 8 heteroatoms. The summed E-state index contributed by atoms with van der Waals surface area (Å²) in [4.78, 5) is 6.82. The molecule has 0 spiro atoms. The van der Waals surface area contributed by atoms with Crippen LogP contribution in [0.2, 0.25) is 0 Å². The van der Waals surface area contributed by atoms with Gasteiger partial charge in [-0.15, -0.1) is 0 Å². The zero-order valence-electron chi connectivity index (χ0n) is 12.5. The fourth-order valence-electron chi connectivity index (χ4n) is 3.00. The molecule has 1 unspecified atom stereocenters. The summed E-state index contributed by atoms with van der Waals surface area (Å²) < 4.78 is 28.5. The van der Waals surface area contributed by atoms with E-state index in [1.165, 1.54) is 0 Å². The highest BCUT2D eigenvalue weighted by molar-refractivity contribution is 7.91. The third-order valence-electron chi connectivity index (χ3n) is 4.48. The van der Waals surface area contributed by atoms with Gasteiger partial charge in [-0.1, -0.05) is 5.16 Å². The van der Waals surface area contributed by atoms with Crippen molar-refractivity contribution >= 4 is 9.84 Å². The molecule has 0 amide bonds. The topological polar surface area (TPSA) is 88.3 Å². The summed E-state index contributed by atoms with van der Waals surface area (Å²) in [7, 11) is -2.94. The maximum Gasteiger partial charge on any atom is 0.230 e. The number of aromatic nitrogens is 2. The van der Waals surface area contributed by atoms with Crippen LogP contribution in [0.5, 0.6) is 0 Å². The minimum Gasteiger partial charge on any atom is -0.339 e. The van der Waals surface area contributed by atoms with Crippen molar-refractivity contribution in [2.75, 3.05) is 37.7 Å². The molecule has 0 bridgehead atoms. The second-order valence-corrected chi connectivity index (χ2v) is 8.58. The van der Waals surface area contributed by atoms with E-state index in [1.807, 2.05) is 0 Å². The summed E-state index contributed by atoms with van der Waals surface area (Å²) in [5.41, 5.74) is -0.304. The van der Waals surface area contributed by atoms with Crippen molar-refractivity contribution in [1.29, 1.82) is 0 Å². The smallest absolute Gasteiger partial charge is 0.230 e. The van der Waals surface area contributed by atoms with Gasteiger partial charge in [0.1, 0.15) is 0 Å². The van der Waals surface area contributed by atoms with E-state index in [0.717, 1.165) is 26.2 Å². The lowest BCUT2D eigenvalue weighted by Gasteiger charge is -2.38. The third-order valence-corrected chi connectivity index (χ3v) is 6.25.